The summed E-state index contributed by atoms with van der Waals surface area (Å²) in [5, 5.41) is 0. The second-order valence-electron chi connectivity index (χ2n) is 7.06. The molecule has 0 bridgehead atoms. The van der Waals surface area contributed by atoms with Gasteiger partial charge in [-0.1, -0.05) is 12.1 Å². The lowest BCUT2D eigenvalue weighted by Crippen LogP contribution is -2.39. The third-order valence-corrected chi connectivity index (χ3v) is 5.33. The molecule has 2 aromatic heterocycles. The Morgan fingerprint density at radius 1 is 1.19 bits per heavy atom. The number of aromatic nitrogens is 4. The van der Waals surface area contributed by atoms with E-state index in [0.717, 1.165) is 18.7 Å². The number of fused-ring (bicyclic) bond motifs is 3. The molecule has 7 nitrogen and oxygen atoms in total. The second kappa shape index (κ2) is 6.26. The Morgan fingerprint density at radius 2 is 1.96 bits per heavy atom. The van der Waals surface area contributed by atoms with E-state index in [1.807, 2.05) is 4.57 Å². The molecule has 0 amide bonds. The van der Waals surface area contributed by atoms with E-state index in [1.165, 1.54) is 20.3 Å². The van der Waals surface area contributed by atoms with Crippen LogP contribution in [0.4, 0.5) is 11.6 Å². The Balaban J connectivity index is 1.99. The molecule has 0 aliphatic carbocycles. The van der Waals surface area contributed by atoms with Crippen molar-refractivity contribution in [3.05, 3.63) is 62.8 Å². The van der Waals surface area contributed by atoms with Crippen molar-refractivity contribution >= 4 is 22.8 Å². The average molecular weight is 365 g/mol. The van der Waals surface area contributed by atoms with E-state index in [-0.39, 0.29) is 17.8 Å². The minimum atomic E-state index is -0.374. The molecule has 0 saturated heterocycles. The molecule has 0 N–H and O–H groups in total. The zero-order valence-corrected chi connectivity index (χ0v) is 15.9. The van der Waals surface area contributed by atoms with Crippen molar-refractivity contribution in [2.24, 2.45) is 7.05 Å². The lowest BCUT2D eigenvalue weighted by molar-refractivity contribution is 0.598. The van der Waals surface area contributed by atoms with Gasteiger partial charge < -0.3 is 9.47 Å². The highest BCUT2D eigenvalue weighted by atomic mass is 16.2. The van der Waals surface area contributed by atoms with Crippen molar-refractivity contribution < 1.29 is 0 Å². The molecule has 0 unspecified atom stereocenters. The number of nitrogens with zero attached hydrogens (tertiary/aromatic N) is 5. The van der Waals surface area contributed by atoms with Gasteiger partial charge in [0.2, 0.25) is 5.95 Å². The summed E-state index contributed by atoms with van der Waals surface area (Å²) in [6.07, 6.45) is 2.46. The van der Waals surface area contributed by atoms with Crippen LogP contribution in [0.25, 0.3) is 11.2 Å². The van der Waals surface area contributed by atoms with Gasteiger partial charge in [-0.3, -0.25) is 13.9 Å². The summed E-state index contributed by atoms with van der Waals surface area (Å²) in [7, 11) is 1.66. The van der Waals surface area contributed by atoms with Crippen LogP contribution in [0.1, 0.15) is 17.5 Å². The van der Waals surface area contributed by atoms with Crippen molar-refractivity contribution in [3.8, 4) is 0 Å². The van der Waals surface area contributed by atoms with Crippen molar-refractivity contribution in [1.29, 1.82) is 0 Å². The Hall–Kier alpha value is -3.09. The number of hydrogen-bond donors (Lipinski definition) is 0. The lowest BCUT2D eigenvalue weighted by Gasteiger charge is -2.29. The van der Waals surface area contributed by atoms with Crippen LogP contribution >= 0.6 is 0 Å². The maximum atomic E-state index is 13.0. The molecule has 4 rings (SSSR count). The molecule has 3 heterocycles. The molecule has 1 aliphatic heterocycles. The van der Waals surface area contributed by atoms with E-state index < -0.39 is 0 Å². The normalized spacial score (nSPS) is 13.8. The van der Waals surface area contributed by atoms with Crippen molar-refractivity contribution in [2.45, 2.75) is 33.4 Å². The zero-order chi connectivity index (χ0) is 19.3. The number of rotatable bonds is 3. The van der Waals surface area contributed by atoms with Crippen LogP contribution in [0.3, 0.4) is 0 Å². The molecule has 1 aliphatic rings. The van der Waals surface area contributed by atoms with Crippen LogP contribution in [0, 0.1) is 13.8 Å². The van der Waals surface area contributed by atoms with E-state index in [2.05, 4.69) is 43.5 Å². The van der Waals surface area contributed by atoms with Crippen LogP contribution in [0.5, 0.6) is 0 Å². The third kappa shape index (κ3) is 2.53. The van der Waals surface area contributed by atoms with E-state index in [1.54, 1.807) is 13.1 Å². The maximum Gasteiger partial charge on any atom is 0.332 e. The summed E-state index contributed by atoms with van der Waals surface area (Å²) in [6.45, 7) is 9.53. The molecule has 1 aromatic carbocycles. The summed E-state index contributed by atoms with van der Waals surface area (Å²) >= 11 is 0. The highest BCUT2D eigenvalue weighted by Crippen LogP contribution is 2.31. The van der Waals surface area contributed by atoms with E-state index >= 15 is 0 Å². The van der Waals surface area contributed by atoms with Gasteiger partial charge in [-0.25, -0.2) is 4.79 Å². The fourth-order valence-electron chi connectivity index (χ4n) is 3.69. The highest BCUT2D eigenvalue weighted by Gasteiger charge is 2.26. The SMILES string of the molecule is C=CCn1c(=O)c2c(nc3n2CCCN3c2ccc(C)c(C)c2)n(C)c1=O. The molecule has 3 aromatic rings. The van der Waals surface area contributed by atoms with Gasteiger partial charge in [0.25, 0.3) is 5.56 Å². The topological polar surface area (TPSA) is 65.1 Å². The van der Waals surface area contributed by atoms with Crippen LogP contribution in [0.2, 0.25) is 0 Å². The van der Waals surface area contributed by atoms with Crippen LogP contribution in [-0.2, 0) is 20.1 Å². The van der Waals surface area contributed by atoms with Gasteiger partial charge in [0.15, 0.2) is 11.2 Å². The molecule has 27 heavy (non-hydrogen) atoms. The first-order valence-electron chi connectivity index (χ1n) is 9.09. The molecular formula is C20H23N5O2. The Labute approximate surface area is 156 Å². The minimum Gasteiger partial charge on any atom is -0.312 e. The maximum absolute atomic E-state index is 13.0. The van der Waals surface area contributed by atoms with E-state index in [9.17, 15) is 9.59 Å². The highest BCUT2D eigenvalue weighted by molar-refractivity contribution is 5.77. The van der Waals surface area contributed by atoms with Gasteiger partial charge in [0, 0.05) is 32.4 Å². The molecule has 0 spiro atoms. The summed E-state index contributed by atoms with van der Waals surface area (Å²) < 4.78 is 4.60. The molecule has 0 saturated carbocycles. The molecular weight excluding hydrogens is 342 g/mol. The Morgan fingerprint density at radius 3 is 2.67 bits per heavy atom. The molecule has 0 radical (unpaired) electrons. The van der Waals surface area contributed by atoms with Gasteiger partial charge in [-0.2, -0.15) is 4.98 Å². The summed E-state index contributed by atoms with van der Waals surface area (Å²) in [4.78, 5) is 32.4. The number of benzene rings is 1. The number of anilines is 2. The molecule has 0 fully saturated rings. The van der Waals surface area contributed by atoms with Crippen LogP contribution < -0.4 is 16.1 Å². The predicted molar refractivity (Wildman–Crippen MR) is 107 cm³/mol. The van der Waals surface area contributed by atoms with Gasteiger partial charge in [-0.15, -0.1) is 6.58 Å². The van der Waals surface area contributed by atoms with Crippen LogP contribution in [0.15, 0.2) is 40.4 Å². The average Bonchev–Trinajstić information content (AvgIpc) is 3.05. The monoisotopic (exact) mass is 365 g/mol. The number of allylic oxidation sites excluding steroid dienone is 1. The quantitative estimate of drug-likeness (QED) is 0.668. The summed E-state index contributed by atoms with van der Waals surface area (Å²) in [5.74, 6) is 0.711. The first-order chi connectivity index (χ1) is 12.9. The van der Waals surface area contributed by atoms with Crippen LogP contribution in [-0.4, -0.2) is 25.2 Å². The first-order valence-corrected chi connectivity index (χ1v) is 9.09. The predicted octanol–water partition coefficient (Wildman–Crippen LogP) is 2.24. The fraction of sp³-hybridized carbons (Fsp3) is 0.350. The third-order valence-electron chi connectivity index (χ3n) is 5.33. The number of imidazole rings is 1. The van der Waals surface area contributed by atoms with E-state index in [4.69, 9.17) is 4.98 Å². The Kier molecular flexibility index (Phi) is 4.02. The second-order valence-corrected chi connectivity index (χ2v) is 7.06. The van der Waals surface area contributed by atoms with E-state index in [0.29, 0.717) is 23.7 Å². The van der Waals surface area contributed by atoms with Gasteiger partial charge >= 0.3 is 5.69 Å². The minimum absolute atomic E-state index is 0.183. The number of aryl methyl sites for hydroxylation is 4. The summed E-state index contributed by atoms with van der Waals surface area (Å²) in [5.41, 5.74) is 3.71. The van der Waals surface area contributed by atoms with Crippen molar-refractivity contribution in [1.82, 2.24) is 18.7 Å². The number of hydrogen-bond acceptors (Lipinski definition) is 4. The smallest absolute Gasteiger partial charge is 0.312 e. The lowest BCUT2D eigenvalue weighted by atomic mass is 10.1. The standard InChI is InChI=1S/C20H23N5O2/c1-5-9-25-18(26)16-17(22(4)20(25)27)21-19-23(10-6-11-24(16)19)15-8-7-13(2)14(3)12-15/h5,7-8,12H,1,6,9-11H2,2-4H3. The largest absolute Gasteiger partial charge is 0.332 e. The molecule has 140 valence electrons. The van der Waals surface area contributed by atoms with Crippen molar-refractivity contribution in [3.63, 3.8) is 0 Å². The van der Waals surface area contributed by atoms with Crippen molar-refractivity contribution in [2.75, 3.05) is 11.4 Å². The molecule has 7 heteroatoms. The Bertz CT molecular complexity index is 1180. The first kappa shape index (κ1) is 17.3. The molecule has 0 atom stereocenters. The van der Waals surface area contributed by atoms with Gasteiger partial charge in [0.05, 0.1) is 0 Å². The van der Waals surface area contributed by atoms with Gasteiger partial charge in [-0.05, 0) is 43.5 Å². The van der Waals surface area contributed by atoms with Gasteiger partial charge in [0.1, 0.15) is 0 Å². The zero-order valence-electron chi connectivity index (χ0n) is 15.9. The fourth-order valence-corrected chi connectivity index (χ4v) is 3.69. The summed E-state index contributed by atoms with van der Waals surface area (Å²) in [6, 6.07) is 6.31.